The normalized spacial score (nSPS) is 13.9. The van der Waals surface area contributed by atoms with E-state index in [-0.39, 0.29) is 29.6 Å². The van der Waals surface area contributed by atoms with Crippen LogP contribution < -0.4 is 21.7 Å². The molecule has 0 aliphatic rings. The van der Waals surface area contributed by atoms with Crippen LogP contribution in [-0.2, 0) is 9.59 Å². The first kappa shape index (κ1) is 22.4. The molecule has 0 aliphatic heterocycles. The summed E-state index contributed by atoms with van der Waals surface area (Å²) >= 11 is 0. The predicted octanol–water partition coefficient (Wildman–Crippen LogP) is 1.17. The highest BCUT2D eigenvalue weighted by atomic mass is 16.2. The molecule has 0 aliphatic carbocycles. The minimum Gasteiger partial charge on any atom is -0.352 e. The quantitative estimate of drug-likeness (QED) is 0.422. The Morgan fingerprint density at radius 2 is 1.58 bits per heavy atom. The zero-order valence-corrected chi connectivity index (χ0v) is 15.8. The summed E-state index contributed by atoms with van der Waals surface area (Å²) in [6.07, 6.45) is 1.16. The molecule has 0 saturated carbocycles. The first-order valence-corrected chi connectivity index (χ1v) is 8.69. The van der Waals surface area contributed by atoms with E-state index in [4.69, 9.17) is 5.73 Å². The zero-order valence-electron chi connectivity index (χ0n) is 15.8. The second kappa shape index (κ2) is 11.0. The number of nitrogens with one attached hydrogen (secondary N) is 3. The summed E-state index contributed by atoms with van der Waals surface area (Å²) < 4.78 is 0. The molecule has 3 amide bonds. The molecule has 0 aromatic carbocycles. The SMILES string of the molecule is CC(C)N[C@@H](CCCNC(N)=O)C(=O)N[C@H](C(=O)C(C)C)C(C)C. The lowest BCUT2D eigenvalue weighted by atomic mass is 9.92. The summed E-state index contributed by atoms with van der Waals surface area (Å²) in [5.74, 6) is -0.249. The molecule has 7 heteroatoms. The van der Waals surface area contributed by atoms with Crippen LogP contribution in [0.3, 0.4) is 0 Å². The molecular weight excluding hydrogens is 308 g/mol. The maximum atomic E-state index is 12.6. The van der Waals surface area contributed by atoms with Crippen LogP contribution in [0.2, 0.25) is 0 Å². The maximum Gasteiger partial charge on any atom is 0.312 e. The summed E-state index contributed by atoms with van der Waals surface area (Å²) in [6, 6.07) is -1.35. The highest BCUT2D eigenvalue weighted by Gasteiger charge is 2.29. The predicted molar refractivity (Wildman–Crippen MR) is 95.5 cm³/mol. The Labute approximate surface area is 145 Å². The van der Waals surface area contributed by atoms with Crippen molar-refractivity contribution in [3.63, 3.8) is 0 Å². The number of primary amides is 1. The van der Waals surface area contributed by atoms with Crippen LogP contribution >= 0.6 is 0 Å². The van der Waals surface area contributed by atoms with E-state index in [0.717, 1.165) is 0 Å². The van der Waals surface area contributed by atoms with Gasteiger partial charge in [-0.25, -0.2) is 4.79 Å². The monoisotopic (exact) mass is 342 g/mol. The molecule has 0 saturated heterocycles. The van der Waals surface area contributed by atoms with Gasteiger partial charge >= 0.3 is 6.03 Å². The Morgan fingerprint density at radius 3 is 2.00 bits per heavy atom. The van der Waals surface area contributed by atoms with Gasteiger partial charge < -0.3 is 21.7 Å². The van der Waals surface area contributed by atoms with Crippen molar-refractivity contribution in [2.45, 2.75) is 72.5 Å². The number of rotatable bonds is 11. The van der Waals surface area contributed by atoms with Gasteiger partial charge in [0, 0.05) is 18.5 Å². The summed E-state index contributed by atoms with van der Waals surface area (Å²) in [7, 11) is 0. The number of carbonyl (C=O) groups is 3. The molecule has 0 aromatic heterocycles. The van der Waals surface area contributed by atoms with Gasteiger partial charge in [0.05, 0.1) is 12.1 Å². The molecule has 7 nitrogen and oxygen atoms in total. The van der Waals surface area contributed by atoms with E-state index in [2.05, 4.69) is 16.0 Å². The summed E-state index contributed by atoms with van der Waals surface area (Å²) in [4.78, 5) is 35.6. The molecule has 0 unspecified atom stereocenters. The fourth-order valence-electron chi connectivity index (χ4n) is 2.39. The Balaban J connectivity index is 4.82. The number of urea groups is 1. The Kier molecular flexibility index (Phi) is 10.3. The lowest BCUT2D eigenvalue weighted by molar-refractivity contribution is -0.131. The van der Waals surface area contributed by atoms with Crippen molar-refractivity contribution in [2.75, 3.05) is 6.54 Å². The first-order valence-electron chi connectivity index (χ1n) is 8.69. The summed E-state index contributed by atoms with van der Waals surface area (Å²) in [5, 5.41) is 8.61. The molecule has 140 valence electrons. The average Bonchev–Trinajstić information content (AvgIpc) is 2.45. The van der Waals surface area contributed by atoms with Gasteiger partial charge in [-0.2, -0.15) is 0 Å². The maximum absolute atomic E-state index is 12.6. The highest BCUT2D eigenvalue weighted by molar-refractivity contribution is 5.92. The second-order valence-electron chi connectivity index (χ2n) is 7.09. The highest BCUT2D eigenvalue weighted by Crippen LogP contribution is 2.10. The van der Waals surface area contributed by atoms with Gasteiger partial charge in [-0.15, -0.1) is 0 Å². The smallest absolute Gasteiger partial charge is 0.312 e. The van der Waals surface area contributed by atoms with Crippen LogP contribution in [0.25, 0.3) is 0 Å². The minimum atomic E-state index is -0.574. The molecule has 0 fully saturated rings. The number of ketones is 1. The van der Waals surface area contributed by atoms with Crippen molar-refractivity contribution in [1.29, 1.82) is 0 Å². The minimum absolute atomic E-state index is 0.0279. The molecule has 0 radical (unpaired) electrons. The summed E-state index contributed by atoms with van der Waals surface area (Å²) in [5.41, 5.74) is 5.03. The molecule has 24 heavy (non-hydrogen) atoms. The lowest BCUT2D eigenvalue weighted by Crippen LogP contribution is -2.54. The van der Waals surface area contributed by atoms with Crippen molar-refractivity contribution in [2.24, 2.45) is 17.6 Å². The third kappa shape index (κ3) is 8.86. The number of hydrogen-bond acceptors (Lipinski definition) is 4. The molecule has 0 heterocycles. The van der Waals surface area contributed by atoms with Gasteiger partial charge in [-0.1, -0.05) is 41.5 Å². The van der Waals surface area contributed by atoms with E-state index in [1.165, 1.54) is 0 Å². The molecule has 0 aromatic rings. The number of carbonyl (C=O) groups excluding carboxylic acids is 3. The van der Waals surface area contributed by atoms with Crippen molar-refractivity contribution in [3.05, 3.63) is 0 Å². The number of nitrogens with two attached hydrogens (primary N) is 1. The number of Topliss-reactive ketones (excluding diaryl/α,β-unsaturated/α-hetero) is 1. The zero-order chi connectivity index (χ0) is 18.9. The second-order valence-corrected chi connectivity index (χ2v) is 7.09. The van der Waals surface area contributed by atoms with Crippen LogP contribution in [0.5, 0.6) is 0 Å². The van der Waals surface area contributed by atoms with Gasteiger partial charge in [0.2, 0.25) is 5.91 Å². The molecule has 5 N–H and O–H groups in total. The van der Waals surface area contributed by atoms with Crippen molar-refractivity contribution in [1.82, 2.24) is 16.0 Å². The van der Waals surface area contributed by atoms with Crippen LogP contribution in [0.1, 0.15) is 54.4 Å². The number of hydrogen-bond donors (Lipinski definition) is 4. The van der Waals surface area contributed by atoms with Gasteiger partial charge in [0.15, 0.2) is 5.78 Å². The molecule has 0 bridgehead atoms. The van der Waals surface area contributed by atoms with Gasteiger partial charge in [0.1, 0.15) is 0 Å². The third-order valence-electron chi connectivity index (χ3n) is 3.66. The van der Waals surface area contributed by atoms with E-state index in [9.17, 15) is 14.4 Å². The van der Waals surface area contributed by atoms with Crippen LogP contribution in [0.4, 0.5) is 4.79 Å². The third-order valence-corrected chi connectivity index (χ3v) is 3.66. The topological polar surface area (TPSA) is 113 Å². The van der Waals surface area contributed by atoms with E-state index < -0.39 is 18.1 Å². The van der Waals surface area contributed by atoms with Gasteiger partial charge in [-0.05, 0) is 18.8 Å². The van der Waals surface area contributed by atoms with Gasteiger partial charge in [0.25, 0.3) is 0 Å². The van der Waals surface area contributed by atoms with Crippen molar-refractivity contribution >= 4 is 17.7 Å². The molecule has 2 atom stereocenters. The van der Waals surface area contributed by atoms with Gasteiger partial charge in [-0.3, -0.25) is 9.59 Å². The molecular formula is C17H34N4O3. The van der Waals surface area contributed by atoms with Crippen LogP contribution in [0.15, 0.2) is 0 Å². The first-order chi connectivity index (χ1) is 11.1. The van der Waals surface area contributed by atoms with E-state index in [1.54, 1.807) is 0 Å². The van der Waals surface area contributed by atoms with Crippen LogP contribution in [0, 0.1) is 11.8 Å². The Hall–Kier alpha value is -1.63. The average molecular weight is 342 g/mol. The standard InChI is InChI=1S/C17H34N4O3/c1-10(2)14(15(22)11(3)4)21-16(23)13(20-12(5)6)8-7-9-19-17(18)24/h10-14,20H,7-9H2,1-6H3,(H,21,23)(H3,18,19,24)/t13-,14-/m0/s1. The van der Waals surface area contributed by atoms with Crippen LogP contribution in [-0.4, -0.2) is 42.4 Å². The Bertz CT molecular complexity index is 422. The fourth-order valence-corrected chi connectivity index (χ4v) is 2.39. The fraction of sp³-hybridized carbons (Fsp3) is 0.824. The van der Waals surface area contributed by atoms with E-state index >= 15 is 0 Å². The van der Waals surface area contributed by atoms with E-state index in [0.29, 0.717) is 19.4 Å². The van der Waals surface area contributed by atoms with E-state index in [1.807, 2.05) is 41.5 Å². The van der Waals surface area contributed by atoms with Crippen molar-refractivity contribution in [3.8, 4) is 0 Å². The summed E-state index contributed by atoms with van der Waals surface area (Å²) in [6.45, 7) is 11.9. The van der Waals surface area contributed by atoms with Crippen molar-refractivity contribution < 1.29 is 14.4 Å². The molecule has 0 spiro atoms. The lowest BCUT2D eigenvalue weighted by Gasteiger charge is -2.27. The Morgan fingerprint density at radius 1 is 1.00 bits per heavy atom. The molecule has 0 rings (SSSR count). The largest absolute Gasteiger partial charge is 0.352 e. The number of amides is 3.